The minimum atomic E-state index is -0.327. The molecule has 4 heteroatoms. The Balaban J connectivity index is 1.87. The molecule has 1 amide bonds. The summed E-state index contributed by atoms with van der Waals surface area (Å²) < 4.78 is 13.5. The smallest absolute Gasteiger partial charge is 0.224 e. The number of nitrogens with one attached hydrogen (secondary N) is 1. The van der Waals surface area contributed by atoms with E-state index in [1.165, 1.54) is 25.3 Å². The lowest BCUT2D eigenvalue weighted by Crippen LogP contribution is -2.40. The maximum atomic E-state index is 13.5. The molecule has 1 aromatic carbocycles. The van der Waals surface area contributed by atoms with Crippen molar-refractivity contribution in [1.82, 2.24) is 5.32 Å². The van der Waals surface area contributed by atoms with Gasteiger partial charge in [-0.15, -0.1) is 11.6 Å². The van der Waals surface area contributed by atoms with Crippen molar-refractivity contribution in [2.75, 3.05) is 12.4 Å². The van der Waals surface area contributed by atoms with E-state index in [1.54, 1.807) is 18.2 Å². The van der Waals surface area contributed by atoms with Crippen LogP contribution >= 0.6 is 11.6 Å². The fourth-order valence-electron chi connectivity index (χ4n) is 2.82. The minimum absolute atomic E-state index is 0.0324. The molecular formula is C16H21ClFNO. The highest BCUT2D eigenvalue weighted by Crippen LogP contribution is 2.36. The lowest BCUT2D eigenvalue weighted by molar-refractivity contribution is -0.121. The zero-order valence-electron chi connectivity index (χ0n) is 11.6. The molecule has 0 unspecified atom stereocenters. The molecule has 0 aromatic heterocycles. The van der Waals surface area contributed by atoms with Crippen LogP contribution in [0.25, 0.3) is 0 Å². The van der Waals surface area contributed by atoms with Crippen molar-refractivity contribution in [2.45, 2.75) is 38.5 Å². The van der Waals surface area contributed by atoms with Crippen LogP contribution in [0.1, 0.15) is 37.7 Å². The van der Waals surface area contributed by atoms with Gasteiger partial charge in [0.25, 0.3) is 0 Å². The quantitative estimate of drug-likeness (QED) is 0.826. The standard InChI is InChI=1S/C16H21ClFNO/c17-11-16(8-4-1-5-9-16)12-19-15(20)10-13-6-2-3-7-14(13)18/h2-3,6-7H,1,4-5,8-12H2,(H,19,20). The SMILES string of the molecule is O=C(Cc1ccccc1F)NCC1(CCl)CCCCC1. The van der Waals surface area contributed by atoms with Crippen molar-refractivity contribution in [3.05, 3.63) is 35.6 Å². The van der Waals surface area contributed by atoms with Gasteiger partial charge in [0.2, 0.25) is 5.91 Å². The first-order valence-corrected chi connectivity index (χ1v) is 7.75. The molecule has 1 aliphatic rings. The van der Waals surface area contributed by atoms with Gasteiger partial charge in [0.1, 0.15) is 5.82 Å². The van der Waals surface area contributed by atoms with Gasteiger partial charge in [-0.2, -0.15) is 0 Å². The second kappa shape index (κ2) is 7.07. The lowest BCUT2D eigenvalue weighted by atomic mass is 9.75. The lowest BCUT2D eigenvalue weighted by Gasteiger charge is -2.35. The van der Waals surface area contributed by atoms with Crippen LogP contribution < -0.4 is 5.32 Å². The van der Waals surface area contributed by atoms with Crippen molar-refractivity contribution in [2.24, 2.45) is 5.41 Å². The summed E-state index contributed by atoms with van der Waals surface area (Å²) >= 11 is 6.09. The summed E-state index contributed by atoms with van der Waals surface area (Å²) in [7, 11) is 0. The molecule has 1 N–H and O–H groups in total. The van der Waals surface area contributed by atoms with Gasteiger partial charge in [-0.05, 0) is 24.5 Å². The molecule has 2 nitrogen and oxygen atoms in total. The third kappa shape index (κ3) is 3.95. The highest BCUT2D eigenvalue weighted by Gasteiger charge is 2.31. The number of carbonyl (C=O) groups is 1. The topological polar surface area (TPSA) is 29.1 Å². The first-order valence-electron chi connectivity index (χ1n) is 7.21. The number of alkyl halides is 1. The van der Waals surface area contributed by atoms with Crippen molar-refractivity contribution < 1.29 is 9.18 Å². The number of amides is 1. The highest BCUT2D eigenvalue weighted by molar-refractivity contribution is 6.18. The van der Waals surface area contributed by atoms with E-state index in [0.717, 1.165) is 12.8 Å². The molecular weight excluding hydrogens is 277 g/mol. The van der Waals surface area contributed by atoms with Crippen molar-refractivity contribution >= 4 is 17.5 Å². The molecule has 0 bridgehead atoms. The number of hydrogen-bond acceptors (Lipinski definition) is 1. The second-order valence-electron chi connectivity index (χ2n) is 5.74. The maximum Gasteiger partial charge on any atom is 0.224 e. The average Bonchev–Trinajstić information content (AvgIpc) is 2.49. The summed E-state index contributed by atoms with van der Waals surface area (Å²) in [6.45, 7) is 0.601. The van der Waals surface area contributed by atoms with Crippen LogP contribution in [0.2, 0.25) is 0 Å². The van der Waals surface area contributed by atoms with Crippen molar-refractivity contribution in [3.63, 3.8) is 0 Å². The molecule has 0 aliphatic heterocycles. The Hall–Kier alpha value is -1.09. The molecule has 0 saturated heterocycles. The zero-order chi connectivity index (χ0) is 14.4. The second-order valence-corrected chi connectivity index (χ2v) is 6.01. The molecule has 110 valence electrons. The molecule has 0 spiro atoms. The largest absolute Gasteiger partial charge is 0.355 e. The van der Waals surface area contributed by atoms with Crippen molar-refractivity contribution in [1.29, 1.82) is 0 Å². The number of benzene rings is 1. The summed E-state index contributed by atoms with van der Waals surface area (Å²) in [5, 5.41) is 2.93. The predicted molar refractivity (Wildman–Crippen MR) is 79.4 cm³/mol. The monoisotopic (exact) mass is 297 g/mol. The molecule has 20 heavy (non-hydrogen) atoms. The van der Waals surface area contributed by atoms with Crippen LogP contribution in [0.3, 0.4) is 0 Å². The molecule has 1 saturated carbocycles. The van der Waals surface area contributed by atoms with E-state index in [2.05, 4.69) is 5.32 Å². The Kier molecular flexibility index (Phi) is 5.41. The fraction of sp³-hybridized carbons (Fsp3) is 0.562. The van der Waals surface area contributed by atoms with E-state index < -0.39 is 0 Å². The molecule has 0 atom stereocenters. The van der Waals surface area contributed by atoms with Gasteiger partial charge >= 0.3 is 0 Å². The van der Waals surface area contributed by atoms with Gasteiger partial charge in [0.05, 0.1) is 6.42 Å². The Morgan fingerprint density at radius 1 is 1.25 bits per heavy atom. The van der Waals surface area contributed by atoms with Gasteiger partial charge in [0, 0.05) is 17.8 Å². The first-order chi connectivity index (χ1) is 9.65. The summed E-state index contributed by atoms with van der Waals surface area (Å²) in [4.78, 5) is 11.9. The third-order valence-corrected chi connectivity index (χ3v) is 4.73. The Morgan fingerprint density at radius 2 is 1.95 bits per heavy atom. The van der Waals surface area contributed by atoms with E-state index in [1.807, 2.05) is 0 Å². The number of carbonyl (C=O) groups excluding carboxylic acids is 1. The van der Waals surface area contributed by atoms with Gasteiger partial charge in [-0.3, -0.25) is 4.79 Å². The van der Waals surface area contributed by atoms with E-state index in [0.29, 0.717) is 18.0 Å². The van der Waals surface area contributed by atoms with E-state index in [9.17, 15) is 9.18 Å². The summed E-state index contributed by atoms with van der Waals surface area (Å²) in [6.07, 6.45) is 5.83. The zero-order valence-corrected chi connectivity index (χ0v) is 12.4. The van der Waals surface area contributed by atoms with Crippen LogP contribution in [-0.2, 0) is 11.2 Å². The number of hydrogen-bond donors (Lipinski definition) is 1. The molecule has 0 heterocycles. The fourth-order valence-corrected chi connectivity index (χ4v) is 3.18. The van der Waals surface area contributed by atoms with Crippen LogP contribution in [-0.4, -0.2) is 18.3 Å². The molecule has 0 radical (unpaired) electrons. The Labute approximate surface area is 124 Å². The van der Waals surface area contributed by atoms with E-state index in [4.69, 9.17) is 11.6 Å². The van der Waals surface area contributed by atoms with E-state index >= 15 is 0 Å². The highest BCUT2D eigenvalue weighted by atomic mass is 35.5. The van der Waals surface area contributed by atoms with E-state index in [-0.39, 0.29) is 23.6 Å². The van der Waals surface area contributed by atoms with Gasteiger partial charge < -0.3 is 5.32 Å². The minimum Gasteiger partial charge on any atom is -0.355 e. The predicted octanol–water partition coefficient (Wildman–Crippen LogP) is 3.67. The Bertz CT molecular complexity index is 458. The van der Waals surface area contributed by atoms with Crippen LogP contribution in [0.4, 0.5) is 4.39 Å². The van der Waals surface area contributed by atoms with Gasteiger partial charge in [0.15, 0.2) is 0 Å². The van der Waals surface area contributed by atoms with Crippen LogP contribution in [0.15, 0.2) is 24.3 Å². The van der Waals surface area contributed by atoms with Crippen molar-refractivity contribution in [3.8, 4) is 0 Å². The molecule has 1 fully saturated rings. The van der Waals surface area contributed by atoms with Crippen LogP contribution in [0.5, 0.6) is 0 Å². The molecule has 1 aromatic rings. The summed E-state index contributed by atoms with van der Waals surface area (Å²) in [5.41, 5.74) is 0.471. The summed E-state index contributed by atoms with van der Waals surface area (Å²) in [6, 6.07) is 6.39. The number of halogens is 2. The number of rotatable bonds is 5. The third-order valence-electron chi connectivity index (χ3n) is 4.17. The average molecular weight is 298 g/mol. The normalized spacial score (nSPS) is 17.7. The van der Waals surface area contributed by atoms with Gasteiger partial charge in [-0.1, -0.05) is 37.5 Å². The molecule has 2 rings (SSSR count). The first kappa shape index (κ1) is 15.3. The molecule has 1 aliphatic carbocycles. The Morgan fingerprint density at radius 3 is 2.60 bits per heavy atom. The summed E-state index contributed by atoms with van der Waals surface area (Å²) in [5.74, 6) is 0.116. The van der Waals surface area contributed by atoms with Gasteiger partial charge in [-0.25, -0.2) is 4.39 Å². The van der Waals surface area contributed by atoms with Crippen LogP contribution in [0, 0.1) is 11.2 Å². The maximum absolute atomic E-state index is 13.5.